The minimum absolute atomic E-state index is 0.0358. The van der Waals surface area contributed by atoms with Crippen LogP contribution in [0.4, 0.5) is 4.79 Å². The number of fused-ring (bicyclic) bond motifs is 1. The van der Waals surface area contributed by atoms with Gasteiger partial charge in [0.05, 0.1) is 6.04 Å². The van der Waals surface area contributed by atoms with Gasteiger partial charge in [-0.25, -0.2) is 4.79 Å². The number of hydrogen-bond acceptors (Lipinski definition) is 3. The number of carbonyl (C=O) groups excluding carboxylic acids is 1. The minimum atomic E-state index is -0.185. The molecule has 0 aliphatic carbocycles. The van der Waals surface area contributed by atoms with E-state index >= 15 is 0 Å². The molecule has 5 nitrogen and oxygen atoms in total. The number of hydrogen-bond donors (Lipinski definition) is 2. The summed E-state index contributed by atoms with van der Waals surface area (Å²) in [7, 11) is 2.15. The van der Waals surface area contributed by atoms with Crippen molar-refractivity contribution in [3.63, 3.8) is 0 Å². The number of ether oxygens (including phenoxy) is 1. The molecule has 1 atom stereocenters. The Balaban J connectivity index is 1.44. The number of nitrogens with zero attached hydrogens (tertiary/aromatic N) is 1. The Morgan fingerprint density at radius 2 is 1.86 bits per heavy atom. The molecule has 0 bridgehead atoms. The number of piperidine rings is 1. The zero-order valence-corrected chi connectivity index (χ0v) is 16.7. The van der Waals surface area contributed by atoms with Gasteiger partial charge in [-0.3, -0.25) is 0 Å². The lowest BCUT2D eigenvalue weighted by Gasteiger charge is -2.46. The first-order valence-electron chi connectivity index (χ1n) is 10.1. The number of likely N-dealkylation sites (tertiary alicyclic amines) is 1. The van der Waals surface area contributed by atoms with Gasteiger partial charge in [-0.1, -0.05) is 48.0 Å². The van der Waals surface area contributed by atoms with Crippen LogP contribution in [0.15, 0.2) is 48.5 Å². The molecule has 5 heteroatoms. The lowest BCUT2D eigenvalue weighted by atomic mass is 9.80. The van der Waals surface area contributed by atoms with Crippen molar-refractivity contribution in [1.82, 2.24) is 15.5 Å². The van der Waals surface area contributed by atoms with Crippen LogP contribution < -0.4 is 15.4 Å². The van der Waals surface area contributed by atoms with E-state index in [0.29, 0.717) is 6.54 Å². The molecule has 2 aromatic rings. The van der Waals surface area contributed by atoms with Crippen LogP contribution >= 0.6 is 0 Å². The molecule has 1 unspecified atom stereocenters. The molecule has 1 saturated heterocycles. The molecule has 0 saturated carbocycles. The SMILES string of the molecule is Cc1ccc(CNC(=O)NC2CC3(CCN(C)CC3)Oc3ccccc32)cc1. The van der Waals surface area contributed by atoms with Crippen LogP contribution in [-0.4, -0.2) is 36.7 Å². The second-order valence-corrected chi connectivity index (χ2v) is 8.20. The predicted molar refractivity (Wildman–Crippen MR) is 110 cm³/mol. The summed E-state index contributed by atoms with van der Waals surface area (Å²) in [6.45, 7) is 4.63. The number of urea groups is 1. The van der Waals surface area contributed by atoms with Gasteiger partial charge in [-0.05, 0) is 38.4 Å². The first-order valence-corrected chi connectivity index (χ1v) is 10.1. The molecule has 1 fully saturated rings. The fourth-order valence-corrected chi connectivity index (χ4v) is 4.18. The van der Waals surface area contributed by atoms with Gasteiger partial charge in [-0.15, -0.1) is 0 Å². The molecule has 148 valence electrons. The largest absolute Gasteiger partial charge is 0.487 e. The number of aryl methyl sites for hydroxylation is 1. The van der Waals surface area contributed by atoms with Crippen molar-refractivity contribution >= 4 is 6.03 Å². The fraction of sp³-hybridized carbons (Fsp3) is 0.435. The summed E-state index contributed by atoms with van der Waals surface area (Å²) < 4.78 is 6.46. The molecular weight excluding hydrogens is 350 g/mol. The summed E-state index contributed by atoms with van der Waals surface area (Å²) in [5.41, 5.74) is 3.20. The second-order valence-electron chi connectivity index (χ2n) is 8.20. The van der Waals surface area contributed by atoms with Crippen LogP contribution in [0.3, 0.4) is 0 Å². The maximum Gasteiger partial charge on any atom is 0.315 e. The first kappa shape index (κ1) is 18.8. The summed E-state index contributed by atoms with van der Waals surface area (Å²) in [4.78, 5) is 15.0. The quantitative estimate of drug-likeness (QED) is 0.853. The summed E-state index contributed by atoms with van der Waals surface area (Å²) >= 11 is 0. The van der Waals surface area contributed by atoms with Crippen molar-refractivity contribution in [3.8, 4) is 5.75 Å². The monoisotopic (exact) mass is 379 g/mol. The van der Waals surface area contributed by atoms with Gasteiger partial charge >= 0.3 is 6.03 Å². The smallest absolute Gasteiger partial charge is 0.315 e. The molecule has 2 aliphatic rings. The molecule has 2 aliphatic heterocycles. The van der Waals surface area contributed by atoms with Crippen LogP contribution in [0, 0.1) is 6.92 Å². The van der Waals surface area contributed by atoms with Crippen molar-refractivity contribution in [3.05, 3.63) is 65.2 Å². The number of nitrogens with one attached hydrogen (secondary N) is 2. The van der Waals surface area contributed by atoms with E-state index in [2.05, 4.69) is 47.7 Å². The molecule has 0 radical (unpaired) electrons. The third-order valence-electron chi connectivity index (χ3n) is 5.97. The lowest BCUT2D eigenvalue weighted by molar-refractivity contribution is -0.0190. The Bertz CT molecular complexity index is 826. The molecule has 4 rings (SSSR count). The average Bonchev–Trinajstić information content (AvgIpc) is 2.70. The zero-order chi connectivity index (χ0) is 19.6. The Hall–Kier alpha value is -2.53. The Labute approximate surface area is 167 Å². The summed E-state index contributed by atoms with van der Waals surface area (Å²) in [5.74, 6) is 0.905. The highest BCUT2D eigenvalue weighted by Crippen LogP contribution is 2.44. The van der Waals surface area contributed by atoms with Gasteiger partial charge in [0.1, 0.15) is 11.4 Å². The summed E-state index contributed by atoms with van der Waals surface area (Å²) in [6.07, 6.45) is 2.79. The Morgan fingerprint density at radius 1 is 1.14 bits per heavy atom. The van der Waals surface area contributed by atoms with Gasteiger partial charge < -0.3 is 20.3 Å². The van der Waals surface area contributed by atoms with E-state index in [4.69, 9.17) is 4.74 Å². The first-order chi connectivity index (χ1) is 13.5. The van der Waals surface area contributed by atoms with Crippen molar-refractivity contribution in [2.45, 2.75) is 44.4 Å². The van der Waals surface area contributed by atoms with Crippen LogP contribution in [0.1, 0.15) is 42.0 Å². The summed E-state index contributed by atoms with van der Waals surface area (Å²) in [5, 5.41) is 6.19. The molecule has 2 N–H and O–H groups in total. The maximum absolute atomic E-state index is 12.6. The van der Waals surface area contributed by atoms with Gasteiger partial charge in [0.2, 0.25) is 0 Å². The van der Waals surface area contributed by atoms with E-state index in [-0.39, 0.29) is 17.7 Å². The van der Waals surface area contributed by atoms with Gasteiger partial charge in [-0.2, -0.15) is 0 Å². The highest BCUT2D eigenvalue weighted by Gasteiger charge is 2.43. The maximum atomic E-state index is 12.6. The topological polar surface area (TPSA) is 53.6 Å². The van der Waals surface area contributed by atoms with E-state index < -0.39 is 0 Å². The fourth-order valence-electron chi connectivity index (χ4n) is 4.18. The summed E-state index contributed by atoms with van der Waals surface area (Å²) in [6, 6.07) is 16.1. The van der Waals surface area contributed by atoms with Gasteiger partial charge in [0, 0.05) is 31.6 Å². The molecule has 2 aromatic carbocycles. The van der Waals surface area contributed by atoms with Crippen LogP contribution in [0.25, 0.3) is 0 Å². The number of carbonyl (C=O) groups is 1. The van der Waals surface area contributed by atoms with Crippen molar-refractivity contribution < 1.29 is 9.53 Å². The molecule has 2 heterocycles. The van der Waals surface area contributed by atoms with Crippen molar-refractivity contribution in [2.75, 3.05) is 20.1 Å². The predicted octanol–water partition coefficient (Wildman–Crippen LogP) is 3.78. The van der Waals surface area contributed by atoms with E-state index in [1.807, 2.05) is 30.3 Å². The third kappa shape index (κ3) is 4.14. The number of amides is 2. The Morgan fingerprint density at radius 3 is 2.61 bits per heavy atom. The normalized spacial score (nSPS) is 20.9. The molecular formula is C23H29N3O2. The lowest BCUT2D eigenvalue weighted by Crippen LogP contribution is -2.52. The third-order valence-corrected chi connectivity index (χ3v) is 5.97. The van der Waals surface area contributed by atoms with E-state index in [1.165, 1.54) is 5.56 Å². The highest BCUT2D eigenvalue weighted by atomic mass is 16.5. The zero-order valence-electron chi connectivity index (χ0n) is 16.7. The number of para-hydroxylation sites is 1. The number of benzene rings is 2. The van der Waals surface area contributed by atoms with Crippen LogP contribution in [0.2, 0.25) is 0 Å². The minimum Gasteiger partial charge on any atom is -0.487 e. The van der Waals surface area contributed by atoms with E-state index in [9.17, 15) is 4.79 Å². The van der Waals surface area contributed by atoms with Crippen molar-refractivity contribution in [1.29, 1.82) is 0 Å². The Kier molecular flexibility index (Phi) is 5.27. The molecule has 0 aromatic heterocycles. The van der Waals surface area contributed by atoms with Crippen LogP contribution in [0.5, 0.6) is 5.75 Å². The van der Waals surface area contributed by atoms with E-state index in [1.54, 1.807) is 0 Å². The highest BCUT2D eigenvalue weighted by molar-refractivity contribution is 5.74. The van der Waals surface area contributed by atoms with Gasteiger partial charge in [0.25, 0.3) is 0 Å². The molecule has 2 amide bonds. The average molecular weight is 380 g/mol. The van der Waals surface area contributed by atoms with Crippen LogP contribution in [-0.2, 0) is 6.54 Å². The standard InChI is InChI=1S/C23H29N3O2/c1-17-7-9-18(10-8-17)16-24-22(27)25-20-15-23(11-13-26(2)14-12-23)28-21-6-4-3-5-19(20)21/h3-10,20H,11-16H2,1-2H3,(H2,24,25,27). The van der Waals surface area contributed by atoms with Crippen molar-refractivity contribution in [2.24, 2.45) is 0 Å². The van der Waals surface area contributed by atoms with E-state index in [0.717, 1.165) is 49.2 Å². The second kappa shape index (κ2) is 7.84. The molecule has 1 spiro atoms. The molecule has 28 heavy (non-hydrogen) atoms. The number of rotatable bonds is 3. The van der Waals surface area contributed by atoms with Gasteiger partial charge in [0.15, 0.2) is 0 Å².